The Bertz CT molecular complexity index is 878. The topological polar surface area (TPSA) is 50.7 Å². The molecule has 5 heteroatoms. The van der Waals surface area contributed by atoms with E-state index >= 15 is 0 Å². The number of benzene rings is 1. The molecule has 0 aliphatic rings. The molecule has 1 aromatic carbocycles. The van der Waals surface area contributed by atoms with Gasteiger partial charge in [0.05, 0.1) is 11.9 Å². The minimum Gasteiger partial charge on any atom is -0.316 e. The van der Waals surface area contributed by atoms with Gasteiger partial charge in [0, 0.05) is 6.20 Å². The first-order chi connectivity index (χ1) is 9.65. The smallest absolute Gasteiger partial charge is 0.264 e. The molecule has 2 aromatic heterocycles. The lowest BCUT2D eigenvalue weighted by molar-refractivity contribution is 0.732. The van der Waals surface area contributed by atoms with E-state index in [2.05, 4.69) is 9.97 Å². The summed E-state index contributed by atoms with van der Waals surface area (Å²) in [4.78, 5) is 19.6. The number of aryl methyl sites for hydroxylation is 1. The van der Waals surface area contributed by atoms with E-state index in [1.165, 1.54) is 5.56 Å². The van der Waals surface area contributed by atoms with Gasteiger partial charge in [0.2, 0.25) is 0 Å². The molecule has 20 heavy (non-hydrogen) atoms. The third kappa shape index (κ3) is 2.28. The SMILES string of the molecule is Cc1ccc(Cn2c(=S)[nH]c3ncccc3c2=O)cc1. The second-order valence-electron chi connectivity index (χ2n) is 4.71. The summed E-state index contributed by atoms with van der Waals surface area (Å²) in [5, 5.41) is 0.549. The number of hydrogen-bond acceptors (Lipinski definition) is 3. The highest BCUT2D eigenvalue weighted by atomic mass is 32.1. The van der Waals surface area contributed by atoms with E-state index in [1.807, 2.05) is 31.2 Å². The summed E-state index contributed by atoms with van der Waals surface area (Å²) >= 11 is 5.26. The van der Waals surface area contributed by atoms with Gasteiger partial charge >= 0.3 is 0 Å². The molecule has 0 fully saturated rings. The lowest BCUT2D eigenvalue weighted by atomic mass is 10.1. The summed E-state index contributed by atoms with van der Waals surface area (Å²) < 4.78 is 1.95. The Morgan fingerprint density at radius 3 is 2.75 bits per heavy atom. The van der Waals surface area contributed by atoms with Crippen LogP contribution in [0.4, 0.5) is 0 Å². The normalized spacial score (nSPS) is 10.8. The van der Waals surface area contributed by atoms with E-state index in [9.17, 15) is 4.79 Å². The second-order valence-corrected chi connectivity index (χ2v) is 5.09. The van der Waals surface area contributed by atoms with Crippen molar-refractivity contribution in [2.45, 2.75) is 13.5 Å². The lowest BCUT2D eigenvalue weighted by Gasteiger charge is -2.08. The van der Waals surface area contributed by atoms with Crippen LogP contribution in [-0.4, -0.2) is 14.5 Å². The van der Waals surface area contributed by atoms with Crippen LogP contribution in [0.25, 0.3) is 11.0 Å². The fourth-order valence-electron chi connectivity index (χ4n) is 2.10. The van der Waals surface area contributed by atoms with Gasteiger partial charge in [0.15, 0.2) is 4.77 Å². The molecular formula is C15H13N3OS. The predicted molar refractivity (Wildman–Crippen MR) is 81.5 cm³/mol. The van der Waals surface area contributed by atoms with E-state index in [4.69, 9.17) is 12.2 Å². The zero-order valence-electron chi connectivity index (χ0n) is 11.0. The third-order valence-corrected chi connectivity index (χ3v) is 3.54. The summed E-state index contributed by atoms with van der Waals surface area (Å²) in [5.41, 5.74) is 2.65. The van der Waals surface area contributed by atoms with Crippen LogP contribution in [0.3, 0.4) is 0 Å². The molecule has 4 nitrogen and oxygen atoms in total. The monoisotopic (exact) mass is 283 g/mol. The highest BCUT2D eigenvalue weighted by Crippen LogP contribution is 2.07. The number of aromatic nitrogens is 3. The molecule has 0 bridgehead atoms. The number of pyridine rings is 1. The summed E-state index contributed by atoms with van der Waals surface area (Å²) in [7, 11) is 0. The van der Waals surface area contributed by atoms with Crippen molar-refractivity contribution in [2.75, 3.05) is 0 Å². The Kier molecular flexibility index (Phi) is 3.20. The van der Waals surface area contributed by atoms with Crippen molar-refractivity contribution in [3.8, 4) is 0 Å². The van der Waals surface area contributed by atoms with Crippen LogP contribution in [0.5, 0.6) is 0 Å². The number of nitrogens with one attached hydrogen (secondary N) is 1. The number of rotatable bonds is 2. The number of aromatic amines is 1. The Hall–Kier alpha value is -2.27. The van der Waals surface area contributed by atoms with E-state index in [0.717, 1.165) is 5.56 Å². The van der Waals surface area contributed by atoms with E-state index in [-0.39, 0.29) is 5.56 Å². The minimum absolute atomic E-state index is 0.113. The number of H-pyrrole nitrogens is 1. The maximum absolute atomic E-state index is 12.5. The molecule has 0 atom stereocenters. The van der Waals surface area contributed by atoms with Gasteiger partial charge in [-0.05, 0) is 36.8 Å². The number of nitrogens with zero attached hydrogens (tertiary/aromatic N) is 2. The molecule has 0 unspecified atom stereocenters. The average molecular weight is 283 g/mol. The molecule has 0 aliphatic carbocycles. The van der Waals surface area contributed by atoms with Gasteiger partial charge in [-0.25, -0.2) is 4.98 Å². The fraction of sp³-hybridized carbons (Fsp3) is 0.133. The van der Waals surface area contributed by atoms with Crippen LogP contribution in [-0.2, 0) is 6.54 Å². The molecule has 3 rings (SSSR count). The number of fused-ring (bicyclic) bond motifs is 1. The quantitative estimate of drug-likeness (QED) is 0.736. The van der Waals surface area contributed by atoms with Crippen molar-refractivity contribution in [2.24, 2.45) is 0 Å². The van der Waals surface area contributed by atoms with Crippen molar-refractivity contribution in [1.82, 2.24) is 14.5 Å². The molecule has 0 saturated heterocycles. The molecule has 0 saturated carbocycles. The fourth-order valence-corrected chi connectivity index (χ4v) is 2.35. The minimum atomic E-state index is -0.113. The van der Waals surface area contributed by atoms with Crippen molar-refractivity contribution in [3.05, 3.63) is 68.8 Å². The third-order valence-electron chi connectivity index (χ3n) is 3.22. The van der Waals surface area contributed by atoms with Crippen molar-refractivity contribution >= 4 is 23.3 Å². The van der Waals surface area contributed by atoms with Gasteiger partial charge in [-0.1, -0.05) is 29.8 Å². The van der Waals surface area contributed by atoms with Crippen LogP contribution in [0.2, 0.25) is 0 Å². The van der Waals surface area contributed by atoms with E-state index in [1.54, 1.807) is 22.9 Å². The molecule has 0 amide bonds. The van der Waals surface area contributed by atoms with Crippen LogP contribution in [0.1, 0.15) is 11.1 Å². The van der Waals surface area contributed by atoms with E-state index in [0.29, 0.717) is 22.3 Å². The molecule has 0 radical (unpaired) electrons. The maximum atomic E-state index is 12.5. The second kappa shape index (κ2) is 5.02. The molecule has 100 valence electrons. The van der Waals surface area contributed by atoms with Gasteiger partial charge in [0.1, 0.15) is 5.65 Å². The van der Waals surface area contributed by atoms with Gasteiger partial charge in [-0.3, -0.25) is 9.36 Å². The first kappa shape index (κ1) is 12.7. The van der Waals surface area contributed by atoms with Crippen molar-refractivity contribution < 1.29 is 0 Å². The standard InChI is InChI=1S/C15H13N3OS/c1-10-4-6-11(7-5-10)9-18-14(19)12-3-2-8-16-13(12)17-15(18)20/h2-8H,9H2,1H3,(H,16,17,20). The molecule has 0 spiro atoms. The maximum Gasteiger partial charge on any atom is 0.264 e. The van der Waals surface area contributed by atoms with Crippen LogP contribution in [0, 0.1) is 11.7 Å². The Labute approximate surface area is 120 Å². The average Bonchev–Trinajstić information content (AvgIpc) is 2.45. The molecule has 0 aliphatic heterocycles. The first-order valence-corrected chi connectivity index (χ1v) is 6.69. The van der Waals surface area contributed by atoms with Gasteiger partial charge < -0.3 is 4.98 Å². The van der Waals surface area contributed by atoms with Gasteiger partial charge in [0.25, 0.3) is 5.56 Å². The summed E-state index contributed by atoms with van der Waals surface area (Å²) in [5.74, 6) is 0. The first-order valence-electron chi connectivity index (χ1n) is 6.28. The molecule has 3 aromatic rings. The van der Waals surface area contributed by atoms with E-state index < -0.39 is 0 Å². The largest absolute Gasteiger partial charge is 0.316 e. The Morgan fingerprint density at radius 2 is 2.00 bits per heavy atom. The number of hydrogen-bond donors (Lipinski definition) is 1. The molecular weight excluding hydrogens is 270 g/mol. The van der Waals surface area contributed by atoms with Crippen molar-refractivity contribution in [3.63, 3.8) is 0 Å². The predicted octanol–water partition coefficient (Wildman–Crippen LogP) is 2.81. The summed E-state index contributed by atoms with van der Waals surface area (Å²) in [6.45, 7) is 2.49. The molecule has 2 heterocycles. The van der Waals surface area contributed by atoms with Crippen LogP contribution in [0.15, 0.2) is 47.4 Å². The highest BCUT2D eigenvalue weighted by Gasteiger charge is 2.06. The molecule has 1 N–H and O–H groups in total. The van der Waals surface area contributed by atoms with Gasteiger partial charge in [-0.2, -0.15) is 0 Å². The zero-order valence-corrected chi connectivity index (χ0v) is 11.8. The Balaban J connectivity index is 2.14. The van der Waals surface area contributed by atoms with Crippen LogP contribution >= 0.6 is 12.2 Å². The van der Waals surface area contributed by atoms with Gasteiger partial charge in [-0.15, -0.1) is 0 Å². The van der Waals surface area contributed by atoms with Crippen LogP contribution < -0.4 is 5.56 Å². The zero-order chi connectivity index (χ0) is 14.1. The lowest BCUT2D eigenvalue weighted by Crippen LogP contribution is -2.23. The summed E-state index contributed by atoms with van der Waals surface area (Å²) in [6.07, 6.45) is 1.64. The summed E-state index contributed by atoms with van der Waals surface area (Å²) in [6, 6.07) is 11.6. The highest BCUT2D eigenvalue weighted by molar-refractivity contribution is 7.71. The Morgan fingerprint density at radius 1 is 1.25 bits per heavy atom. The van der Waals surface area contributed by atoms with Crippen molar-refractivity contribution in [1.29, 1.82) is 0 Å².